The standard InChI is InChI=1S/C17H19NO2/c1-12-3-4-13(2)15(9-12)18-11-14-5-6-16-17(10-14)20-8-7-19-16/h3-6,9-10,18H,7-8,11H2,1-2H3. The fourth-order valence-electron chi connectivity index (χ4n) is 2.32. The topological polar surface area (TPSA) is 30.5 Å². The summed E-state index contributed by atoms with van der Waals surface area (Å²) in [4.78, 5) is 0. The van der Waals surface area contributed by atoms with Crippen LogP contribution >= 0.6 is 0 Å². The van der Waals surface area contributed by atoms with E-state index in [1.54, 1.807) is 0 Å². The van der Waals surface area contributed by atoms with Gasteiger partial charge in [-0.05, 0) is 48.7 Å². The Balaban J connectivity index is 1.73. The van der Waals surface area contributed by atoms with E-state index in [1.165, 1.54) is 22.4 Å². The summed E-state index contributed by atoms with van der Waals surface area (Å²) >= 11 is 0. The Morgan fingerprint density at radius 2 is 1.75 bits per heavy atom. The first-order valence-corrected chi connectivity index (χ1v) is 6.92. The lowest BCUT2D eigenvalue weighted by molar-refractivity contribution is 0.171. The maximum atomic E-state index is 5.61. The van der Waals surface area contributed by atoms with Gasteiger partial charge in [-0.25, -0.2) is 0 Å². The maximum absolute atomic E-state index is 5.61. The summed E-state index contributed by atoms with van der Waals surface area (Å²) in [5, 5.41) is 3.48. The number of nitrogens with one attached hydrogen (secondary N) is 1. The van der Waals surface area contributed by atoms with Gasteiger partial charge < -0.3 is 14.8 Å². The van der Waals surface area contributed by atoms with Crippen molar-refractivity contribution in [1.82, 2.24) is 0 Å². The van der Waals surface area contributed by atoms with Crippen molar-refractivity contribution in [3.05, 3.63) is 53.1 Å². The molecule has 0 unspecified atom stereocenters. The van der Waals surface area contributed by atoms with E-state index in [2.05, 4.69) is 43.4 Å². The van der Waals surface area contributed by atoms with Crippen LogP contribution in [0.4, 0.5) is 5.69 Å². The number of aryl methyl sites for hydroxylation is 2. The normalized spacial score (nSPS) is 13.1. The minimum Gasteiger partial charge on any atom is -0.486 e. The first-order valence-electron chi connectivity index (χ1n) is 6.92. The van der Waals surface area contributed by atoms with Gasteiger partial charge in [-0.1, -0.05) is 18.2 Å². The molecule has 0 spiro atoms. The molecule has 1 heterocycles. The van der Waals surface area contributed by atoms with Crippen molar-refractivity contribution in [2.45, 2.75) is 20.4 Å². The number of benzene rings is 2. The van der Waals surface area contributed by atoms with Crippen LogP contribution in [0.1, 0.15) is 16.7 Å². The van der Waals surface area contributed by atoms with Crippen LogP contribution in [0.5, 0.6) is 11.5 Å². The van der Waals surface area contributed by atoms with Crippen LogP contribution in [-0.4, -0.2) is 13.2 Å². The van der Waals surface area contributed by atoms with Gasteiger partial charge in [0.2, 0.25) is 0 Å². The molecular formula is C17H19NO2. The Morgan fingerprint density at radius 3 is 2.60 bits per heavy atom. The Morgan fingerprint density at radius 1 is 0.950 bits per heavy atom. The molecule has 0 saturated carbocycles. The fourth-order valence-corrected chi connectivity index (χ4v) is 2.32. The lowest BCUT2D eigenvalue weighted by atomic mass is 10.1. The average molecular weight is 269 g/mol. The minimum atomic E-state index is 0.626. The Hall–Kier alpha value is -2.16. The molecule has 3 heteroatoms. The highest BCUT2D eigenvalue weighted by atomic mass is 16.6. The molecule has 2 aromatic rings. The molecule has 0 atom stereocenters. The van der Waals surface area contributed by atoms with Crippen LogP contribution in [0.3, 0.4) is 0 Å². The Bertz CT molecular complexity index is 622. The van der Waals surface area contributed by atoms with Crippen molar-refractivity contribution in [3.8, 4) is 11.5 Å². The lowest BCUT2D eigenvalue weighted by Gasteiger charge is -2.19. The summed E-state index contributed by atoms with van der Waals surface area (Å²) in [7, 11) is 0. The van der Waals surface area contributed by atoms with Crippen LogP contribution in [-0.2, 0) is 6.54 Å². The third-order valence-corrected chi connectivity index (χ3v) is 3.48. The second kappa shape index (κ2) is 5.45. The van der Waals surface area contributed by atoms with Gasteiger partial charge in [-0.15, -0.1) is 0 Å². The highest BCUT2D eigenvalue weighted by Crippen LogP contribution is 2.31. The molecule has 0 fully saturated rings. The van der Waals surface area contributed by atoms with Crippen LogP contribution < -0.4 is 14.8 Å². The quantitative estimate of drug-likeness (QED) is 0.922. The second-order valence-electron chi connectivity index (χ2n) is 5.15. The zero-order chi connectivity index (χ0) is 13.9. The zero-order valence-corrected chi connectivity index (χ0v) is 11.9. The predicted molar refractivity (Wildman–Crippen MR) is 80.7 cm³/mol. The van der Waals surface area contributed by atoms with Crippen LogP contribution in [0.25, 0.3) is 0 Å². The van der Waals surface area contributed by atoms with Crippen molar-refractivity contribution in [3.63, 3.8) is 0 Å². The Kier molecular flexibility index (Phi) is 3.50. The molecule has 0 amide bonds. The van der Waals surface area contributed by atoms with Crippen molar-refractivity contribution in [1.29, 1.82) is 0 Å². The van der Waals surface area contributed by atoms with Crippen molar-refractivity contribution < 1.29 is 9.47 Å². The molecule has 0 radical (unpaired) electrons. The third-order valence-electron chi connectivity index (χ3n) is 3.48. The summed E-state index contributed by atoms with van der Waals surface area (Å²) in [5.74, 6) is 1.68. The van der Waals surface area contributed by atoms with E-state index in [4.69, 9.17) is 9.47 Å². The summed E-state index contributed by atoms with van der Waals surface area (Å²) in [6.07, 6.45) is 0. The summed E-state index contributed by atoms with van der Waals surface area (Å²) < 4.78 is 11.1. The SMILES string of the molecule is Cc1ccc(C)c(NCc2ccc3c(c2)OCCO3)c1. The first kappa shape index (κ1) is 12.9. The molecule has 0 aliphatic carbocycles. The second-order valence-corrected chi connectivity index (χ2v) is 5.15. The lowest BCUT2D eigenvalue weighted by Crippen LogP contribution is -2.15. The van der Waals surface area contributed by atoms with Gasteiger partial charge in [0.05, 0.1) is 0 Å². The molecule has 2 aromatic carbocycles. The van der Waals surface area contributed by atoms with Gasteiger partial charge in [-0.2, -0.15) is 0 Å². The molecule has 0 bridgehead atoms. The van der Waals surface area contributed by atoms with Crippen molar-refractivity contribution >= 4 is 5.69 Å². The maximum Gasteiger partial charge on any atom is 0.161 e. The number of hydrogen-bond acceptors (Lipinski definition) is 3. The molecule has 1 aliphatic rings. The highest BCUT2D eigenvalue weighted by molar-refractivity contribution is 5.53. The van der Waals surface area contributed by atoms with E-state index >= 15 is 0 Å². The third kappa shape index (κ3) is 2.72. The van der Waals surface area contributed by atoms with Gasteiger partial charge in [0.25, 0.3) is 0 Å². The molecule has 3 rings (SSSR count). The van der Waals surface area contributed by atoms with E-state index in [0.717, 1.165) is 18.0 Å². The zero-order valence-electron chi connectivity index (χ0n) is 11.9. The highest BCUT2D eigenvalue weighted by Gasteiger charge is 2.11. The van der Waals surface area contributed by atoms with Crippen LogP contribution in [0.15, 0.2) is 36.4 Å². The Labute approximate surface area is 119 Å². The monoisotopic (exact) mass is 269 g/mol. The molecule has 20 heavy (non-hydrogen) atoms. The van der Waals surface area contributed by atoms with Gasteiger partial charge in [0.15, 0.2) is 11.5 Å². The molecule has 0 saturated heterocycles. The number of ether oxygens (including phenoxy) is 2. The molecule has 3 nitrogen and oxygen atoms in total. The number of anilines is 1. The molecule has 0 aromatic heterocycles. The van der Waals surface area contributed by atoms with E-state index in [1.807, 2.05) is 12.1 Å². The van der Waals surface area contributed by atoms with Crippen molar-refractivity contribution in [2.24, 2.45) is 0 Å². The number of fused-ring (bicyclic) bond motifs is 1. The summed E-state index contributed by atoms with van der Waals surface area (Å²) in [6, 6.07) is 12.5. The number of rotatable bonds is 3. The minimum absolute atomic E-state index is 0.626. The van der Waals surface area contributed by atoms with E-state index in [0.29, 0.717) is 13.2 Å². The van der Waals surface area contributed by atoms with Gasteiger partial charge >= 0.3 is 0 Å². The largest absolute Gasteiger partial charge is 0.486 e. The average Bonchev–Trinajstić information content (AvgIpc) is 2.48. The number of hydrogen-bond donors (Lipinski definition) is 1. The van der Waals surface area contributed by atoms with Crippen LogP contribution in [0.2, 0.25) is 0 Å². The molecular weight excluding hydrogens is 250 g/mol. The first-order chi connectivity index (χ1) is 9.72. The fraction of sp³-hybridized carbons (Fsp3) is 0.294. The van der Waals surface area contributed by atoms with E-state index in [-0.39, 0.29) is 0 Å². The molecule has 104 valence electrons. The van der Waals surface area contributed by atoms with Crippen LogP contribution in [0, 0.1) is 13.8 Å². The van der Waals surface area contributed by atoms with Gasteiger partial charge in [-0.3, -0.25) is 0 Å². The van der Waals surface area contributed by atoms with Gasteiger partial charge in [0.1, 0.15) is 13.2 Å². The van der Waals surface area contributed by atoms with Gasteiger partial charge in [0, 0.05) is 12.2 Å². The predicted octanol–water partition coefficient (Wildman–Crippen LogP) is 3.69. The smallest absolute Gasteiger partial charge is 0.161 e. The summed E-state index contributed by atoms with van der Waals surface area (Å²) in [5.41, 5.74) is 4.89. The summed E-state index contributed by atoms with van der Waals surface area (Å²) in [6.45, 7) is 6.26. The molecule has 1 aliphatic heterocycles. The van der Waals surface area contributed by atoms with E-state index in [9.17, 15) is 0 Å². The molecule has 1 N–H and O–H groups in total. The van der Waals surface area contributed by atoms with Crippen molar-refractivity contribution in [2.75, 3.05) is 18.5 Å². The van der Waals surface area contributed by atoms with E-state index < -0.39 is 0 Å².